The van der Waals surface area contributed by atoms with Crippen molar-refractivity contribution >= 4 is 21.5 Å². The molecule has 7 atom stereocenters. The lowest BCUT2D eigenvalue weighted by Gasteiger charge is -2.52. The number of nitrogens with two attached hydrogens (primary N) is 1. The quantitative estimate of drug-likeness (QED) is 0.0877. The van der Waals surface area contributed by atoms with Crippen molar-refractivity contribution in [3.05, 3.63) is 41.5 Å². The normalized spacial score (nSPS) is 28.6. The van der Waals surface area contributed by atoms with Crippen LogP contribution in [0.4, 0.5) is 22.0 Å². The molecule has 1 unspecified atom stereocenters. The summed E-state index contributed by atoms with van der Waals surface area (Å²) in [4.78, 5) is 2.12. The minimum absolute atomic E-state index is 0.104. The van der Waals surface area contributed by atoms with Crippen molar-refractivity contribution in [1.29, 1.82) is 0 Å². The summed E-state index contributed by atoms with van der Waals surface area (Å²) in [5.41, 5.74) is 3.15. The van der Waals surface area contributed by atoms with Crippen LogP contribution in [0.5, 0.6) is 5.75 Å². The summed E-state index contributed by atoms with van der Waals surface area (Å²) in [6.45, 7) is 8.02. The lowest BCUT2D eigenvalue weighted by molar-refractivity contribution is -0.284. The average molecular weight is 713 g/mol. The molecule has 268 valence electrons. The van der Waals surface area contributed by atoms with Crippen LogP contribution in [0.3, 0.4) is 0 Å². The third-order valence-corrected chi connectivity index (χ3v) is 12.8. The SMILES string of the molecule is C=C1[C@H](O)C[C@H]2[C@@H]3[C@H](CCCCCN(C)CCC[S+]([O-])CCCC(F)(F)C(F)(F)F)Cc4cc(OS(N)(=O)=O)ccc4[C@H]3CC[C@]12C. The van der Waals surface area contributed by atoms with Gasteiger partial charge in [0.2, 0.25) is 0 Å². The third kappa shape index (κ3) is 9.42. The van der Waals surface area contributed by atoms with Crippen LogP contribution in [0.15, 0.2) is 30.4 Å². The largest absolute Gasteiger partial charge is 0.616 e. The third-order valence-electron chi connectivity index (χ3n) is 10.9. The van der Waals surface area contributed by atoms with Crippen LogP contribution in [0.25, 0.3) is 0 Å². The molecule has 0 bridgehead atoms. The molecule has 0 saturated heterocycles. The maximum atomic E-state index is 13.0. The summed E-state index contributed by atoms with van der Waals surface area (Å²) in [6, 6.07) is 5.45. The van der Waals surface area contributed by atoms with E-state index in [9.17, 15) is 40.0 Å². The minimum atomic E-state index is -5.58. The van der Waals surface area contributed by atoms with Crippen molar-refractivity contribution in [1.82, 2.24) is 4.90 Å². The molecule has 0 aromatic heterocycles. The van der Waals surface area contributed by atoms with Crippen LogP contribution in [0.2, 0.25) is 0 Å². The van der Waals surface area contributed by atoms with E-state index < -0.39 is 52.5 Å². The van der Waals surface area contributed by atoms with Crippen molar-refractivity contribution in [3.63, 3.8) is 0 Å². The van der Waals surface area contributed by atoms with Gasteiger partial charge in [-0.1, -0.05) is 43.6 Å². The van der Waals surface area contributed by atoms with E-state index >= 15 is 0 Å². The Balaban J connectivity index is 1.26. The summed E-state index contributed by atoms with van der Waals surface area (Å²) in [6.07, 6.45) is 0.0706. The van der Waals surface area contributed by atoms with Crippen LogP contribution >= 0.6 is 0 Å². The molecule has 4 rings (SSSR count). The number of benzene rings is 1. The summed E-state index contributed by atoms with van der Waals surface area (Å²) in [5.74, 6) is -3.09. The first-order valence-corrected chi connectivity index (χ1v) is 19.5. The number of nitrogens with zero attached hydrogens (tertiary/aromatic N) is 1. The van der Waals surface area contributed by atoms with Crippen LogP contribution in [0.1, 0.15) is 88.2 Å². The van der Waals surface area contributed by atoms with Gasteiger partial charge in [-0.15, -0.1) is 0 Å². The number of rotatable bonds is 16. The average Bonchev–Trinajstić information content (AvgIpc) is 3.19. The molecule has 14 heteroatoms. The van der Waals surface area contributed by atoms with E-state index in [1.165, 1.54) is 5.56 Å². The Hall–Kier alpha value is -1.45. The number of fused-ring (bicyclic) bond motifs is 5. The molecule has 1 aromatic carbocycles. The molecule has 0 radical (unpaired) electrons. The summed E-state index contributed by atoms with van der Waals surface area (Å²) in [5, 5.41) is 15.9. The summed E-state index contributed by atoms with van der Waals surface area (Å²) >= 11 is -1.44. The maximum Gasteiger partial charge on any atom is 0.453 e. The Morgan fingerprint density at radius 2 is 1.81 bits per heavy atom. The number of halogens is 5. The molecule has 1 aromatic rings. The van der Waals surface area contributed by atoms with Gasteiger partial charge < -0.3 is 18.7 Å². The highest BCUT2D eigenvalue weighted by Crippen LogP contribution is 2.64. The standard InChI is InChI=1S/C33H49F5N2O5S2/c1-22-29(41)21-28-30-23(19-24-20-25(45-47(39,43)44)10-11-26(24)27(30)12-14-31(22,28)2)9-5-4-6-15-40(3)16-8-18-46(42)17-7-13-32(34,35)33(36,37)38/h10-11,20,23,27-30,41H,1,4-9,12-19,21H2,2-3H3,(H2,39,43,44)/t23-,27-,28+,29-,30-,31-,46?/m1/s1. The molecule has 0 spiro atoms. The van der Waals surface area contributed by atoms with Gasteiger partial charge in [0.25, 0.3) is 0 Å². The fourth-order valence-electron chi connectivity index (χ4n) is 8.43. The highest BCUT2D eigenvalue weighted by molar-refractivity contribution is 7.91. The number of alkyl halides is 5. The second-order valence-corrected chi connectivity index (χ2v) is 16.9. The van der Waals surface area contributed by atoms with Gasteiger partial charge in [-0.05, 0) is 116 Å². The molecule has 47 heavy (non-hydrogen) atoms. The molecule has 3 aliphatic rings. The Kier molecular flexibility index (Phi) is 12.4. The Morgan fingerprint density at radius 1 is 1.13 bits per heavy atom. The zero-order valence-corrected chi connectivity index (χ0v) is 28.9. The second kappa shape index (κ2) is 15.2. The van der Waals surface area contributed by atoms with Crippen LogP contribution in [-0.2, 0) is 27.9 Å². The van der Waals surface area contributed by atoms with Gasteiger partial charge in [-0.25, -0.2) is 0 Å². The van der Waals surface area contributed by atoms with E-state index in [0.29, 0.717) is 43.1 Å². The van der Waals surface area contributed by atoms with Gasteiger partial charge in [0.05, 0.1) is 6.10 Å². The van der Waals surface area contributed by atoms with Crippen molar-refractivity contribution in [2.24, 2.45) is 28.3 Å². The smallest absolute Gasteiger partial charge is 0.453 e. The zero-order chi connectivity index (χ0) is 34.8. The lowest BCUT2D eigenvalue weighted by Crippen LogP contribution is -2.44. The minimum Gasteiger partial charge on any atom is -0.616 e. The van der Waals surface area contributed by atoms with Crippen molar-refractivity contribution in [2.45, 2.75) is 102 Å². The fourth-order valence-corrected chi connectivity index (χ4v) is 9.92. The van der Waals surface area contributed by atoms with Gasteiger partial charge >= 0.3 is 22.4 Å². The molecule has 0 aliphatic heterocycles. The van der Waals surface area contributed by atoms with E-state index in [2.05, 4.69) is 18.4 Å². The first-order valence-electron chi connectivity index (χ1n) is 16.5. The van der Waals surface area contributed by atoms with Crippen LogP contribution < -0.4 is 9.32 Å². The van der Waals surface area contributed by atoms with E-state index in [0.717, 1.165) is 62.6 Å². The van der Waals surface area contributed by atoms with Crippen molar-refractivity contribution in [3.8, 4) is 5.75 Å². The highest BCUT2D eigenvalue weighted by Gasteiger charge is 2.57. The van der Waals surface area contributed by atoms with Gasteiger partial charge in [-0.2, -0.15) is 35.5 Å². The predicted octanol–water partition coefficient (Wildman–Crippen LogP) is 6.49. The van der Waals surface area contributed by atoms with E-state index in [4.69, 9.17) is 9.32 Å². The molecule has 0 amide bonds. The molecule has 3 N–H and O–H groups in total. The highest BCUT2D eigenvalue weighted by atomic mass is 32.2. The number of hydrogen-bond acceptors (Lipinski definition) is 6. The molecule has 3 aliphatic carbocycles. The predicted molar refractivity (Wildman–Crippen MR) is 173 cm³/mol. The Bertz CT molecular complexity index is 1350. The first-order chi connectivity index (χ1) is 21.8. The van der Waals surface area contributed by atoms with Gasteiger partial charge in [0, 0.05) is 19.4 Å². The Morgan fingerprint density at radius 3 is 2.49 bits per heavy atom. The van der Waals surface area contributed by atoms with Gasteiger partial charge in [0.15, 0.2) is 0 Å². The summed E-state index contributed by atoms with van der Waals surface area (Å²) in [7, 11) is -2.18. The maximum absolute atomic E-state index is 13.0. The zero-order valence-electron chi connectivity index (χ0n) is 27.2. The van der Waals surface area contributed by atoms with Crippen LogP contribution in [0, 0.1) is 23.2 Å². The van der Waals surface area contributed by atoms with E-state index in [1.807, 2.05) is 13.1 Å². The van der Waals surface area contributed by atoms with Crippen LogP contribution in [-0.4, -0.2) is 72.8 Å². The molecule has 0 heterocycles. The Labute approximate surface area is 278 Å². The van der Waals surface area contributed by atoms with Gasteiger partial charge in [-0.3, -0.25) is 0 Å². The fraction of sp³-hybridized carbons (Fsp3) is 0.758. The molecular weight excluding hydrogens is 663 g/mol. The number of aliphatic hydroxyl groups excluding tert-OH is 1. The van der Waals surface area contributed by atoms with E-state index in [-0.39, 0.29) is 22.7 Å². The number of unbranched alkanes of at least 4 members (excludes halogenated alkanes) is 2. The molecular formula is C33H49F5N2O5S2. The topological polar surface area (TPSA) is 116 Å². The molecule has 2 saturated carbocycles. The molecule has 7 nitrogen and oxygen atoms in total. The van der Waals surface area contributed by atoms with Crippen molar-refractivity contribution in [2.75, 3.05) is 31.6 Å². The summed E-state index contributed by atoms with van der Waals surface area (Å²) < 4.78 is 103. The van der Waals surface area contributed by atoms with Crippen molar-refractivity contribution < 1.29 is 44.2 Å². The molecule has 2 fully saturated rings. The monoisotopic (exact) mass is 712 g/mol. The second-order valence-electron chi connectivity index (χ2n) is 14.1. The lowest BCUT2D eigenvalue weighted by atomic mass is 9.52. The number of hydrogen-bond donors (Lipinski definition) is 2. The van der Waals surface area contributed by atoms with E-state index in [1.54, 1.807) is 12.1 Å². The van der Waals surface area contributed by atoms with Gasteiger partial charge in [0.1, 0.15) is 17.3 Å². The first kappa shape index (κ1) is 38.4. The number of aliphatic hydroxyl groups is 1.